The Morgan fingerprint density at radius 1 is 1.25 bits per heavy atom. The second kappa shape index (κ2) is 6.53. The Morgan fingerprint density at radius 3 is 2.83 bits per heavy atom. The number of rotatable bonds is 4. The molecule has 1 spiro atoms. The van der Waals surface area contributed by atoms with Crippen LogP contribution in [0, 0.1) is 0 Å². The normalized spacial score (nSPS) is 23.6. The maximum atomic E-state index is 6.24. The highest BCUT2D eigenvalue weighted by Gasteiger charge is 2.42. The molecule has 0 aromatic carbocycles. The molecule has 2 saturated heterocycles. The number of pyridine rings is 1. The highest BCUT2D eigenvalue weighted by Crippen LogP contribution is 2.37. The van der Waals surface area contributed by atoms with Gasteiger partial charge in [0.05, 0.1) is 24.8 Å². The van der Waals surface area contributed by atoms with Crippen LogP contribution in [-0.2, 0) is 18.3 Å². The second-order valence-corrected chi connectivity index (χ2v) is 6.98. The van der Waals surface area contributed by atoms with E-state index in [2.05, 4.69) is 31.8 Å². The van der Waals surface area contributed by atoms with E-state index in [0.29, 0.717) is 6.04 Å². The van der Waals surface area contributed by atoms with E-state index in [1.807, 2.05) is 36.8 Å². The number of nitrogens with one attached hydrogen (secondary N) is 1. The van der Waals surface area contributed by atoms with Crippen molar-refractivity contribution in [2.24, 2.45) is 7.05 Å². The first-order valence-electron chi connectivity index (χ1n) is 8.73. The molecule has 1 N–H and O–H groups in total. The summed E-state index contributed by atoms with van der Waals surface area (Å²) in [6.45, 7) is 3.84. The first-order chi connectivity index (χ1) is 11.7. The highest BCUT2D eigenvalue weighted by molar-refractivity contribution is 5.35. The first-order valence-corrected chi connectivity index (χ1v) is 8.73. The van der Waals surface area contributed by atoms with Gasteiger partial charge < -0.3 is 14.6 Å². The van der Waals surface area contributed by atoms with Crippen LogP contribution >= 0.6 is 0 Å². The number of likely N-dealkylation sites (tertiary alicyclic amines) is 1. The molecule has 2 aliphatic rings. The van der Waals surface area contributed by atoms with E-state index in [0.717, 1.165) is 57.1 Å². The number of aromatic nitrogens is 3. The van der Waals surface area contributed by atoms with Crippen molar-refractivity contribution in [3.8, 4) is 0 Å². The van der Waals surface area contributed by atoms with Crippen molar-refractivity contribution in [2.75, 3.05) is 25.0 Å². The molecule has 0 amide bonds. The summed E-state index contributed by atoms with van der Waals surface area (Å²) in [5, 5.41) is 3.50. The largest absolute Gasteiger partial charge is 0.373 e. The minimum Gasteiger partial charge on any atom is -0.373 e. The summed E-state index contributed by atoms with van der Waals surface area (Å²) in [6.07, 6.45) is 8.96. The molecule has 2 fully saturated rings. The zero-order valence-corrected chi connectivity index (χ0v) is 14.2. The number of ether oxygens (including phenoxy) is 1. The number of aryl methyl sites for hydroxylation is 1. The van der Waals surface area contributed by atoms with E-state index in [4.69, 9.17) is 4.74 Å². The van der Waals surface area contributed by atoms with Crippen LogP contribution in [0.15, 0.2) is 36.8 Å². The summed E-state index contributed by atoms with van der Waals surface area (Å²) in [7, 11) is 2.06. The third-order valence-corrected chi connectivity index (χ3v) is 5.28. The Labute approximate surface area is 142 Å². The van der Waals surface area contributed by atoms with Crippen molar-refractivity contribution in [1.29, 1.82) is 0 Å². The molecule has 0 saturated carbocycles. The van der Waals surface area contributed by atoms with Gasteiger partial charge in [0.25, 0.3) is 0 Å². The molecule has 2 aromatic rings. The molecule has 6 heteroatoms. The number of hydrogen-bond acceptors (Lipinski definition) is 5. The van der Waals surface area contributed by atoms with E-state index in [1.54, 1.807) is 0 Å². The Morgan fingerprint density at radius 2 is 2.12 bits per heavy atom. The quantitative estimate of drug-likeness (QED) is 0.931. The smallest absolute Gasteiger partial charge is 0.126 e. The summed E-state index contributed by atoms with van der Waals surface area (Å²) in [4.78, 5) is 11.3. The summed E-state index contributed by atoms with van der Waals surface area (Å²) in [5.74, 6) is 2.07. The lowest BCUT2D eigenvalue weighted by atomic mass is 9.87. The Balaban J connectivity index is 1.30. The monoisotopic (exact) mass is 327 g/mol. The fourth-order valence-corrected chi connectivity index (χ4v) is 3.81. The molecule has 4 heterocycles. The molecular formula is C18H25N5O. The minimum absolute atomic E-state index is 0.0462. The number of nitrogens with zero attached hydrogens (tertiary/aromatic N) is 4. The average molecular weight is 327 g/mol. The van der Waals surface area contributed by atoms with Crippen LogP contribution in [0.5, 0.6) is 0 Å². The summed E-state index contributed by atoms with van der Waals surface area (Å²) in [5.41, 5.74) is 0.0462. The van der Waals surface area contributed by atoms with Gasteiger partial charge in [0.1, 0.15) is 11.6 Å². The van der Waals surface area contributed by atoms with E-state index in [1.165, 1.54) is 0 Å². The van der Waals surface area contributed by atoms with E-state index >= 15 is 0 Å². The number of anilines is 1. The lowest BCUT2D eigenvalue weighted by Crippen LogP contribution is -2.44. The summed E-state index contributed by atoms with van der Waals surface area (Å²) >= 11 is 0. The molecule has 4 rings (SSSR count). The van der Waals surface area contributed by atoms with Crippen LogP contribution in [0.2, 0.25) is 0 Å². The van der Waals surface area contributed by atoms with Gasteiger partial charge in [0.2, 0.25) is 0 Å². The van der Waals surface area contributed by atoms with Gasteiger partial charge in [-0.2, -0.15) is 0 Å². The van der Waals surface area contributed by atoms with E-state index in [9.17, 15) is 0 Å². The Kier molecular flexibility index (Phi) is 4.24. The van der Waals surface area contributed by atoms with Crippen molar-refractivity contribution in [2.45, 2.75) is 37.5 Å². The molecule has 6 nitrogen and oxygen atoms in total. The van der Waals surface area contributed by atoms with Crippen LogP contribution in [0.4, 0.5) is 5.82 Å². The van der Waals surface area contributed by atoms with Crippen LogP contribution in [0.25, 0.3) is 0 Å². The van der Waals surface area contributed by atoms with E-state index < -0.39 is 0 Å². The molecule has 2 aliphatic heterocycles. The predicted molar refractivity (Wildman–Crippen MR) is 92.7 cm³/mol. The first kappa shape index (κ1) is 15.6. The van der Waals surface area contributed by atoms with Crippen LogP contribution < -0.4 is 5.32 Å². The van der Waals surface area contributed by atoms with Gasteiger partial charge in [-0.25, -0.2) is 9.97 Å². The van der Waals surface area contributed by atoms with Gasteiger partial charge in [0, 0.05) is 38.7 Å². The third kappa shape index (κ3) is 3.30. The summed E-state index contributed by atoms with van der Waals surface area (Å²) in [6, 6.07) is 6.33. The zero-order chi connectivity index (χ0) is 16.4. The number of piperidine rings is 1. The van der Waals surface area contributed by atoms with Gasteiger partial charge in [-0.15, -0.1) is 0 Å². The van der Waals surface area contributed by atoms with Gasteiger partial charge in [0.15, 0.2) is 0 Å². The average Bonchev–Trinajstić information content (AvgIpc) is 3.18. The Bertz CT molecular complexity index is 663. The van der Waals surface area contributed by atoms with Crippen molar-refractivity contribution >= 4 is 5.82 Å². The number of hydrogen-bond donors (Lipinski definition) is 1. The van der Waals surface area contributed by atoms with Gasteiger partial charge in [-0.1, -0.05) is 6.07 Å². The molecule has 0 radical (unpaired) electrons. The predicted octanol–water partition coefficient (Wildman–Crippen LogP) is 2.05. The fourth-order valence-electron chi connectivity index (χ4n) is 3.81. The fraction of sp³-hybridized carbons (Fsp3) is 0.556. The highest BCUT2D eigenvalue weighted by atomic mass is 16.5. The lowest BCUT2D eigenvalue weighted by molar-refractivity contribution is -0.0452. The maximum Gasteiger partial charge on any atom is 0.126 e. The molecule has 1 atom stereocenters. The van der Waals surface area contributed by atoms with Gasteiger partial charge >= 0.3 is 0 Å². The third-order valence-electron chi connectivity index (χ3n) is 5.28. The number of imidazole rings is 1. The topological polar surface area (TPSA) is 55.2 Å². The second-order valence-electron chi connectivity index (χ2n) is 6.98. The van der Waals surface area contributed by atoms with Crippen molar-refractivity contribution < 1.29 is 4.74 Å². The molecular weight excluding hydrogens is 302 g/mol. The molecule has 128 valence electrons. The zero-order valence-electron chi connectivity index (χ0n) is 14.2. The molecule has 0 unspecified atom stereocenters. The van der Waals surface area contributed by atoms with Crippen LogP contribution in [-0.4, -0.2) is 50.8 Å². The van der Waals surface area contributed by atoms with Gasteiger partial charge in [-0.3, -0.25) is 4.90 Å². The SMILES string of the molecule is Cn1ccnc1CN1CCC2(CC1)C[C@H](Nc1ccccn1)CO2. The van der Waals surface area contributed by atoms with Crippen LogP contribution in [0.3, 0.4) is 0 Å². The van der Waals surface area contributed by atoms with Crippen LogP contribution in [0.1, 0.15) is 25.1 Å². The summed E-state index contributed by atoms with van der Waals surface area (Å²) < 4.78 is 8.34. The molecule has 0 aliphatic carbocycles. The van der Waals surface area contributed by atoms with Crippen molar-refractivity contribution in [3.05, 3.63) is 42.6 Å². The standard InChI is InChI=1S/C18H25N5O/c1-22-11-8-20-17(22)13-23-9-5-18(6-10-23)12-15(14-24-18)21-16-4-2-3-7-19-16/h2-4,7-8,11,15H,5-6,9-10,12-14H2,1H3,(H,19,21)/t15-/m0/s1. The minimum atomic E-state index is 0.0462. The van der Waals surface area contributed by atoms with Gasteiger partial charge in [-0.05, 0) is 31.4 Å². The molecule has 0 bridgehead atoms. The maximum absolute atomic E-state index is 6.24. The molecule has 24 heavy (non-hydrogen) atoms. The Hall–Kier alpha value is -1.92. The van der Waals surface area contributed by atoms with Crippen molar-refractivity contribution in [3.63, 3.8) is 0 Å². The molecule has 2 aromatic heterocycles. The van der Waals surface area contributed by atoms with Crippen molar-refractivity contribution in [1.82, 2.24) is 19.4 Å². The van der Waals surface area contributed by atoms with E-state index in [-0.39, 0.29) is 5.60 Å². The lowest BCUT2D eigenvalue weighted by Gasteiger charge is -2.38.